The van der Waals surface area contributed by atoms with Crippen molar-refractivity contribution in [1.82, 2.24) is 0 Å². The Labute approximate surface area is 167 Å². The molecule has 2 atom stereocenters. The Hall–Kier alpha value is -1.55. The minimum atomic E-state index is -0.117. The first-order valence-electron chi connectivity index (χ1n) is 9.86. The average molecular weight is 389 g/mol. The van der Waals surface area contributed by atoms with Crippen LogP contribution in [0.25, 0.3) is 0 Å². The molecule has 0 radical (unpaired) electrons. The highest BCUT2D eigenvalue weighted by Gasteiger charge is 2.25. The van der Waals surface area contributed by atoms with Gasteiger partial charge in [-0.1, -0.05) is 35.9 Å². The summed E-state index contributed by atoms with van der Waals surface area (Å²) in [6.45, 7) is 6.76. The Morgan fingerprint density at radius 2 is 1.89 bits per heavy atom. The van der Waals surface area contributed by atoms with Crippen molar-refractivity contribution in [3.05, 3.63) is 64.2 Å². The van der Waals surface area contributed by atoms with Crippen LogP contribution in [0.3, 0.4) is 0 Å². The first-order valence-corrected chi connectivity index (χ1v) is 10.2. The minimum absolute atomic E-state index is 0.0684. The summed E-state index contributed by atoms with van der Waals surface area (Å²) >= 11 is 6.47. The van der Waals surface area contributed by atoms with Crippen molar-refractivity contribution in [2.24, 2.45) is 0 Å². The van der Waals surface area contributed by atoms with Gasteiger partial charge in [-0.3, -0.25) is 0 Å². The van der Waals surface area contributed by atoms with Crippen LogP contribution in [0.5, 0.6) is 5.75 Å². The summed E-state index contributed by atoms with van der Waals surface area (Å²) in [4.78, 5) is 0. The van der Waals surface area contributed by atoms with Gasteiger partial charge in [-0.25, -0.2) is 0 Å². The fourth-order valence-corrected chi connectivity index (χ4v) is 3.64. The van der Waals surface area contributed by atoms with Crippen molar-refractivity contribution in [3.8, 4) is 5.75 Å². The van der Waals surface area contributed by atoms with Gasteiger partial charge in [0.1, 0.15) is 5.75 Å². The lowest BCUT2D eigenvalue weighted by Crippen LogP contribution is -2.27. The van der Waals surface area contributed by atoms with Gasteiger partial charge < -0.3 is 14.2 Å². The SMILES string of the molecule is CCOc1ccc(Cc2cc(C3CCCC(OC(C)C)O3)ccc2Cl)cc1. The molecule has 0 saturated carbocycles. The molecule has 0 aliphatic carbocycles. The smallest absolute Gasteiger partial charge is 0.158 e. The first-order chi connectivity index (χ1) is 13.0. The maximum atomic E-state index is 6.47. The Kier molecular flexibility index (Phi) is 7.17. The number of rotatable bonds is 7. The summed E-state index contributed by atoms with van der Waals surface area (Å²) in [5.74, 6) is 0.896. The largest absolute Gasteiger partial charge is 0.494 e. The van der Waals surface area contributed by atoms with Gasteiger partial charge in [-0.15, -0.1) is 0 Å². The van der Waals surface area contributed by atoms with E-state index in [-0.39, 0.29) is 18.5 Å². The lowest BCUT2D eigenvalue weighted by atomic mass is 9.96. The third-order valence-corrected chi connectivity index (χ3v) is 5.09. The van der Waals surface area contributed by atoms with Crippen LogP contribution in [-0.4, -0.2) is 19.0 Å². The van der Waals surface area contributed by atoms with Crippen LogP contribution in [0.1, 0.15) is 62.8 Å². The predicted molar refractivity (Wildman–Crippen MR) is 110 cm³/mol. The second kappa shape index (κ2) is 9.59. The number of benzene rings is 2. The van der Waals surface area contributed by atoms with E-state index in [9.17, 15) is 0 Å². The van der Waals surface area contributed by atoms with E-state index in [1.54, 1.807) is 0 Å². The van der Waals surface area contributed by atoms with Crippen molar-refractivity contribution < 1.29 is 14.2 Å². The fourth-order valence-electron chi connectivity index (χ4n) is 3.46. The van der Waals surface area contributed by atoms with Crippen LogP contribution < -0.4 is 4.74 Å². The summed E-state index contributed by atoms with van der Waals surface area (Å²) in [6, 6.07) is 14.4. The molecule has 146 valence electrons. The molecule has 0 N–H and O–H groups in total. The molecule has 27 heavy (non-hydrogen) atoms. The fraction of sp³-hybridized carbons (Fsp3) is 0.478. The Balaban J connectivity index is 1.72. The van der Waals surface area contributed by atoms with Gasteiger partial charge in [-0.05, 0) is 81.3 Å². The summed E-state index contributed by atoms with van der Waals surface area (Å²) in [7, 11) is 0. The number of hydrogen-bond acceptors (Lipinski definition) is 3. The molecule has 0 aromatic heterocycles. The van der Waals surface area contributed by atoms with Crippen LogP contribution in [0.4, 0.5) is 0 Å². The highest BCUT2D eigenvalue weighted by molar-refractivity contribution is 6.31. The minimum Gasteiger partial charge on any atom is -0.494 e. The monoisotopic (exact) mass is 388 g/mol. The van der Waals surface area contributed by atoms with Crippen LogP contribution in [-0.2, 0) is 15.9 Å². The third kappa shape index (κ3) is 5.71. The summed E-state index contributed by atoms with van der Waals surface area (Å²) in [5.41, 5.74) is 3.51. The molecule has 1 aliphatic heterocycles. The van der Waals surface area contributed by atoms with Gasteiger partial charge in [0.05, 0.1) is 18.8 Å². The highest BCUT2D eigenvalue weighted by Crippen LogP contribution is 2.34. The van der Waals surface area contributed by atoms with Gasteiger partial charge in [-0.2, -0.15) is 0 Å². The number of ether oxygens (including phenoxy) is 3. The molecule has 0 bridgehead atoms. The zero-order valence-electron chi connectivity index (χ0n) is 16.4. The molecule has 2 aromatic carbocycles. The van der Waals surface area contributed by atoms with E-state index in [1.165, 1.54) is 11.1 Å². The van der Waals surface area contributed by atoms with Crippen LogP contribution in [0, 0.1) is 0 Å². The molecule has 4 heteroatoms. The third-order valence-electron chi connectivity index (χ3n) is 4.72. The molecule has 3 rings (SSSR count). The number of hydrogen-bond donors (Lipinski definition) is 0. The Morgan fingerprint density at radius 1 is 1.11 bits per heavy atom. The zero-order valence-corrected chi connectivity index (χ0v) is 17.2. The van der Waals surface area contributed by atoms with Crippen molar-refractivity contribution in [3.63, 3.8) is 0 Å². The highest BCUT2D eigenvalue weighted by atomic mass is 35.5. The van der Waals surface area contributed by atoms with Gasteiger partial charge in [0.2, 0.25) is 0 Å². The molecule has 3 nitrogen and oxygen atoms in total. The van der Waals surface area contributed by atoms with Crippen LogP contribution in [0.15, 0.2) is 42.5 Å². The molecule has 2 unspecified atom stereocenters. The molecular weight excluding hydrogens is 360 g/mol. The van der Waals surface area contributed by atoms with Gasteiger partial charge in [0, 0.05) is 5.02 Å². The van der Waals surface area contributed by atoms with Crippen molar-refractivity contribution in [1.29, 1.82) is 0 Å². The van der Waals surface area contributed by atoms with Crippen molar-refractivity contribution in [2.45, 2.75) is 65.0 Å². The molecule has 1 heterocycles. The predicted octanol–water partition coefficient (Wildman–Crippen LogP) is 6.32. The quantitative estimate of drug-likeness (QED) is 0.555. The van der Waals surface area contributed by atoms with E-state index in [0.717, 1.165) is 42.0 Å². The van der Waals surface area contributed by atoms with Crippen molar-refractivity contribution in [2.75, 3.05) is 6.61 Å². The average Bonchev–Trinajstić information content (AvgIpc) is 2.65. The Morgan fingerprint density at radius 3 is 2.59 bits per heavy atom. The maximum absolute atomic E-state index is 6.47. The molecule has 2 aromatic rings. The van der Waals surface area contributed by atoms with Gasteiger partial charge in [0.15, 0.2) is 6.29 Å². The topological polar surface area (TPSA) is 27.7 Å². The van der Waals surface area contributed by atoms with Crippen LogP contribution >= 0.6 is 11.6 Å². The van der Waals surface area contributed by atoms with E-state index in [4.69, 9.17) is 25.8 Å². The molecule has 1 saturated heterocycles. The van der Waals surface area contributed by atoms with E-state index < -0.39 is 0 Å². The van der Waals surface area contributed by atoms with Crippen LogP contribution in [0.2, 0.25) is 5.02 Å². The lowest BCUT2D eigenvalue weighted by molar-refractivity contribution is -0.210. The van der Waals surface area contributed by atoms with E-state index in [0.29, 0.717) is 6.61 Å². The van der Waals surface area contributed by atoms with Gasteiger partial charge in [0.25, 0.3) is 0 Å². The zero-order chi connectivity index (χ0) is 19.2. The number of halogens is 1. The standard InChI is InChI=1S/C23H29ClO3/c1-4-25-20-11-8-17(9-12-20)14-19-15-18(10-13-21(19)24)22-6-5-7-23(27-22)26-16(2)3/h8-13,15-16,22-23H,4-7,14H2,1-3H3. The van der Waals surface area contributed by atoms with Crippen molar-refractivity contribution >= 4 is 11.6 Å². The van der Waals surface area contributed by atoms with E-state index in [2.05, 4.69) is 24.3 Å². The molecule has 1 fully saturated rings. The summed E-state index contributed by atoms with van der Waals surface area (Å²) in [6.07, 6.45) is 4.00. The summed E-state index contributed by atoms with van der Waals surface area (Å²) in [5, 5.41) is 0.790. The second-order valence-electron chi connectivity index (χ2n) is 7.27. The molecule has 1 aliphatic rings. The maximum Gasteiger partial charge on any atom is 0.158 e. The first kappa shape index (κ1) is 20.2. The Bertz CT molecular complexity index is 727. The lowest BCUT2D eigenvalue weighted by Gasteiger charge is -2.31. The van der Waals surface area contributed by atoms with E-state index in [1.807, 2.05) is 39.0 Å². The molecule has 0 amide bonds. The molecule has 0 spiro atoms. The van der Waals surface area contributed by atoms with Gasteiger partial charge >= 0.3 is 0 Å². The van der Waals surface area contributed by atoms with E-state index >= 15 is 0 Å². The molecular formula is C23H29ClO3. The summed E-state index contributed by atoms with van der Waals surface area (Å²) < 4.78 is 17.6. The normalized spacial score (nSPS) is 20.0. The second-order valence-corrected chi connectivity index (χ2v) is 7.68.